The summed E-state index contributed by atoms with van der Waals surface area (Å²) in [5.41, 5.74) is 2.50. The molecule has 0 aliphatic rings. The number of hydrogen-bond donors (Lipinski definition) is 0. The standard InChI is InChI=1S/C19H22SSi/c1-4-11-18(20-17-12-7-5-8-13-17)16-21(2,3)19-14-9-6-10-15-19/h4-10,12-16H,1,11H2,2-3H3/b18-16+. The zero-order valence-corrected chi connectivity index (χ0v) is 14.6. The van der Waals surface area contributed by atoms with Crippen molar-refractivity contribution in [2.24, 2.45) is 0 Å². The molecule has 0 radical (unpaired) electrons. The molecule has 0 aliphatic heterocycles. The van der Waals surface area contributed by atoms with E-state index in [1.54, 1.807) is 0 Å². The summed E-state index contributed by atoms with van der Waals surface area (Å²) in [6.07, 6.45) is 2.93. The molecule has 2 aromatic carbocycles. The van der Waals surface area contributed by atoms with E-state index in [1.165, 1.54) is 15.0 Å². The fourth-order valence-corrected chi connectivity index (χ4v) is 6.32. The van der Waals surface area contributed by atoms with Crippen LogP contribution in [0.15, 0.2) is 88.8 Å². The molecule has 108 valence electrons. The van der Waals surface area contributed by atoms with Crippen LogP contribution in [0.5, 0.6) is 0 Å². The second-order valence-electron chi connectivity index (χ2n) is 5.61. The van der Waals surface area contributed by atoms with Gasteiger partial charge in [0.1, 0.15) is 8.07 Å². The number of allylic oxidation sites excluding steroid dienone is 2. The van der Waals surface area contributed by atoms with Crippen molar-refractivity contribution in [2.75, 3.05) is 0 Å². The van der Waals surface area contributed by atoms with E-state index in [1.807, 2.05) is 17.8 Å². The molecule has 2 rings (SSSR count). The molecular weight excluding hydrogens is 288 g/mol. The van der Waals surface area contributed by atoms with E-state index in [-0.39, 0.29) is 0 Å². The Morgan fingerprint density at radius 1 is 1.00 bits per heavy atom. The number of benzene rings is 2. The fraction of sp³-hybridized carbons (Fsp3) is 0.158. The maximum Gasteiger partial charge on any atom is 0.105 e. The van der Waals surface area contributed by atoms with Gasteiger partial charge < -0.3 is 0 Å². The Labute approximate surface area is 133 Å². The maximum atomic E-state index is 3.91. The smallest absolute Gasteiger partial charge is 0.103 e. The van der Waals surface area contributed by atoms with Gasteiger partial charge in [-0.25, -0.2) is 0 Å². The van der Waals surface area contributed by atoms with Gasteiger partial charge in [0.15, 0.2) is 0 Å². The van der Waals surface area contributed by atoms with E-state index in [0.29, 0.717) is 0 Å². The molecule has 0 saturated heterocycles. The second kappa shape index (κ2) is 7.48. The molecule has 0 nitrogen and oxygen atoms in total. The largest absolute Gasteiger partial charge is 0.105 e. The van der Waals surface area contributed by atoms with Gasteiger partial charge in [0, 0.05) is 4.90 Å². The predicted octanol–water partition coefficient (Wildman–Crippen LogP) is 5.39. The molecular formula is C19H22SSi. The Kier molecular flexibility index (Phi) is 5.65. The summed E-state index contributed by atoms with van der Waals surface area (Å²) in [7, 11) is -1.56. The van der Waals surface area contributed by atoms with E-state index in [4.69, 9.17) is 0 Å². The minimum Gasteiger partial charge on any atom is -0.103 e. The molecule has 0 saturated carbocycles. The van der Waals surface area contributed by atoms with Crippen LogP contribution in [-0.4, -0.2) is 8.07 Å². The first-order chi connectivity index (χ1) is 10.1. The van der Waals surface area contributed by atoms with Crippen LogP contribution >= 0.6 is 11.8 Å². The Morgan fingerprint density at radius 3 is 2.14 bits per heavy atom. The number of hydrogen-bond acceptors (Lipinski definition) is 1. The van der Waals surface area contributed by atoms with Gasteiger partial charge in [0.2, 0.25) is 0 Å². The summed E-state index contributed by atoms with van der Waals surface area (Å²) in [6, 6.07) is 21.4. The molecule has 21 heavy (non-hydrogen) atoms. The predicted molar refractivity (Wildman–Crippen MR) is 98.8 cm³/mol. The van der Waals surface area contributed by atoms with E-state index in [2.05, 4.69) is 86.0 Å². The summed E-state index contributed by atoms with van der Waals surface area (Å²) in [5.74, 6) is 0. The van der Waals surface area contributed by atoms with Crippen molar-refractivity contribution in [2.45, 2.75) is 24.4 Å². The summed E-state index contributed by atoms with van der Waals surface area (Å²) in [4.78, 5) is 2.69. The van der Waals surface area contributed by atoms with Crippen LogP contribution in [0.4, 0.5) is 0 Å². The van der Waals surface area contributed by atoms with Gasteiger partial charge in [-0.2, -0.15) is 0 Å². The summed E-state index contributed by atoms with van der Waals surface area (Å²) < 4.78 is 0. The van der Waals surface area contributed by atoms with Crippen molar-refractivity contribution in [3.05, 3.63) is 83.9 Å². The van der Waals surface area contributed by atoms with Crippen molar-refractivity contribution < 1.29 is 0 Å². The topological polar surface area (TPSA) is 0 Å². The first-order valence-electron chi connectivity index (χ1n) is 7.23. The van der Waals surface area contributed by atoms with E-state index < -0.39 is 8.07 Å². The Balaban J connectivity index is 2.26. The van der Waals surface area contributed by atoms with Crippen LogP contribution in [0, 0.1) is 0 Å². The highest BCUT2D eigenvalue weighted by Gasteiger charge is 2.21. The van der Waals surface area contributed by atoms with Gasteiger partial charge in [-0.15, -0.1) is 6.58 Å². The molecule has 0 bridgehead atoms. The lowest BCUT2D eigenvalue weighted by molar-refractivity contribution is 1.36. The molecule has 0 fully saturated rings. The zero-order valence-electron chi connectivity index (χ0n) is 12.8. The third-order valence-corrected chi connectivity index (χ3v) is 7.53. The Morgan fingerprint density at radius 2 is 1.57 bits per heavy atom. The van der Waals surface area contributed by atoms with Crippen molar-refractivity contribution >= 4 is 25.0 Å². The summed E-state index contributed by atoms with van der Waals surface area (Å²) in [5, 5.41) is 1.47. The minimum atomic E-state index is -1.56. The first-order valence-corrected chi connectivity index (χ1v) is 11.1. The summed E-state index contributed by atoms with van der Waals surface area (Å²) in [6.45, 7) is 8.71. The van der Waals surface area contributed by atoms with E-state index in [9.17, 15) is 0 Å². The van der Waals surface area contributed by atoms with Crippen molar-refractivity contribution in [3.63, 3.8) is 0 Å². The first kappa shape index (κ1) is 15.9. The molecule has 0 amide bonds. The molecule has 0 unspecified atom stereocenters. The van der Waals surface area contributed by atoms with Crippen LogP contribution in [-0.2, 0) is 0 Å². The van der Waals surface area contributed by atoms with Crippen molar-refractivity contribution in [1.82, 2.24) is 0 Å². The maximum absolute atomic E-state index is 3.91. The van der Waals surface area contributed by atoms with Gasteiger partial charge in [-0.3, -0.25) is 0 Å². The molecule has 0 aromatic heterocycles. The van der Waals surface area contributed by atoms with Gasteiger partial charge in [-0.05, 0) is 23.5 Å². The van der Waals surface area contributed by atoms with Gasteiger partial charge in [0.05, 0.1) is 0 Å². The van der Waals surface area contributed by atoms with E-state index in [0.717, 1.165) is 6.42 Å². The third kappa shape index (κ3) is 4.76. The van der Waals surface area contributed by atoms with Gasteiger partial charge >= 0.3 is 0 Å². The second-order valence-corrected chi connectivity index (χ2v) is 11.1. The average molecular weight is 311 g/mol. The van der Waals surface area contributed by atoms with Crippen LogP contribution in [0.1, 0.15) is 6.42 Å². The Bertz CT molecular complexity index is 600. The average Bonchev–Trinajstić information content (AvgIpc) is 2.49. The molecule has 0 N–H and O–H groups in total. The highest BCUT2D eigenvalue weighted by atomic mass is 32.2. The minimum absolute atomic E-state index is 0.933. The molecule has 2 heteroatoms. The monoisotopic (exact) mass is 310 g/mol. The quantitative estimate of drug-likeness (QED) is 0.391. The molecule has 0 spiro atoms. The third-order valence-electron chi connectivity index (χ3n) is 3.38. The van der Waals surface area contributed by atoms with Gasteiger partial charge in [0.25, 0.3) is 0 Å². The highest BCUT2D eigenvalue weighted by Crippen LogP contribution is 2.30. The number of rotatable bonds is 6. The van der Waals surface area contributed by atoms with Crippen LogP contribution in [0.2, 0.25) is 13.1 Å². The lowest BCUT2D eigenvalue weighted by Crippen LogP contribution is -2.39. The molecule has 2 aromatic rings. The van der Waals surface area contributed by atoms with Crippen molar-refractivity contribution in [1.29, 1.82) is 0 Å². The van der Waals surface area contributed by atoms with Crippen LogP contribution < -0.4 is 5.19 Å². The van der Waals surface area contributed by atoms with Crippen LogP contribution in [0.25, 0.3) is 0 Å². The molecule has 0 aliphatic carbocycles. The van der Waals surface area contributed by atoms with Crippen LogP contribution in [0.3, 0.4) is 0 Å². The zero-order chi connectivity index (χ0) is 15.1. The van der Waals surface area contributed by atoms with Gasteiger partial charge in [-0.1, -0.05) is 90.3 Å². The van der Waals surface area contributed by atoms with Crippen molar-refractivity contribution in [3.8, 4) is 0 Å². The Hall–Kier alpha value is -1.51. The fourth-order valence-electron chi connectivity index (χ4n) is 2.27. The summed E-state index contributed by atoms with van der Waals surface area (Å²) >= 11 is 1.86. The lowest BCUT2D eigenvalue weighted by Gasteiger charge is -2.20. The molecule has 0 atom stereocenters. The SMILES string of the molecule is C=CC/C(=C\[Si](C)(C)c1ccccc1)Sc1ccccc1. The lowest BCUT2D eigenvalue weighted by atomic mass is 10.4. The number of thioether (sulfide) groups is 1. The normalized spacial score (nSPS) is 12.2. The molecule has 0 heterocycles. The van der Waals surface area contributed by atoms with E-state index >= 15 is 0 Å². The highest BCUT2D eigenvalue weighted by molar-refractivity contribution is 8.03.